The second kappa shape index (κ2) is 3.37. The van der Waals surface area contributed by atoms with Crippen LogP contribution in [-0.4, -0.2) is 21.6 Å². The molecule has 2 aromatic heterocycles. The molecule has 0 aliphatic heterocycles. The maximum Gasteiger partial charge on any atom is 0.215 e. The normalized spacial score (nSPS) is 16.3. The van der Waals surface area contributed by atoms with Crippen LogP contribution >= 0.6 is 0 Å². The SMILES string of the molecule is COc1ccc2nc(N)n(C3CCC3)c2n1. The first-order chi connectivity index (χ1) is 7.79. The number of nitrogen functional groups attached to an aromatic ring is 1. The van der Waals surface area contributed by atoms with Crippen molar-refractivity contribution in [2.45, 2.75) is 25.3 Å². The van der Waals surface area contributed by atoms with E-state index in [9.17, 15) is 0 Å². The minimum atomic E-state index is 0.463. The van der Waals surface area contributed by atoms with Crippen molar-refractivity contribution < 1.29 is 4.74 Å². The van der Waals surface area contributed by atoms with Gasteiger partial charge in [0.2, 0.25) is 11.8 Å². The topological polar surface area (TPSA) is 66.0 Å². The minimum Gasteiger partial charge on any atom is -0.481 e. The van der Waals surface area contributed by atoms with Crippen LogP contribution in [0.5, 0.6) is 5.88 Å². The van der Waals surface area contributed by atoms with Crippen LogP contribution in [-0.2, 0) is 0 Å². The lowest BCUT2D eigenvalue weighted by molar-refractivity contribution is 0.322. The van der Waals surface area contributed by atoms with Gasteiger partial charge < -0.3 is 10.5 Å². The lowest BCUT2D eigenvalue weighted by atomic mass is 9.93. The van der Waals surface area contributed by atoms with E-state index in [0.29, 0.717) is 17.9 Å². The van der Waals surface area contributed by atoms with Crippen LogP contribution in [0.3, 0.4) is 0 Å². The lowest BCUT2D eigenvalue weighted by Crippen LogP contribution is -2.19. The van der Waals surface area contributed by atoms with Gasteiger partial charge in [0.25, 0.3) is 0 Å². The highest BCUT2D eigenvalue weighted by Crippen LogP contribution is 2.36. The smallest absolute Gasteiger partial charge is 0.215 e. The molecular weight excluding hydrogens is 204 g/mol. The molecule has 1 fully saturated rings. The van der Waals surface area contributed by atoms with E-state index in [-0.39, 0.29) is 0 Å². The Hall–Kier alpha value is -1.78. The largest absolute Gasteiger partial charge is 0.481 e. The van der Waals surface area contributed by atoms with Crippen molar-refractivity contribution in [1.29, 1.82) is 0 Å². The van der Waals surface area contributed by atoms with Gasteiger partial charge in [-0.1, -0.05) is 0 Å². The Labute approximate surface area is 93.2 Å². The van der Waals surface area contributed by atoms with Gasteiger partial charge in [-0.25, -0.2) is 4.98 Å². The van der Waals surface area contributed by atoms with Crippen molar-refractivity contribution in [3.05, 3.63) is 12.1 Å². The van der Waals surface area contributed by atoms with Gasteiger partial charge in [-0.3, -0.25) is 4.57 Å². The van der Waals surface area contributed by atoms with Gasteiger partial charge in [0, 0.05) is 12.1 Å². The van der Waals surface area contributed by atoms with Crippen LogP contribution in [0.2, 0.25) is 0 Å². The first kappa shape index (κ1) is 9.45. The van der Waals surface area contributed by atoms with E-state index in [4.69, 9.17) is 10.5 Å². The third kappa shape index (κ3) is 1.24. The minimum absolute atomic E-state index is 0.463. The predicted molar refractivity (Wildman–Crippen MR) is 61.4 cm³/mol. The standard InChI is InChI=1S/C11H14N4O/c1-16-9-6-5-8-10(14-9)15(11(12)13-8)7-3-2-4-7/h5-7H,2-4H2,1H3,(H2,12,13). The van der Waals surface area contributed by atoms with Gasteiger partial charge >= 0.3 is 0 Å². The molecule has 2 aromatic rings. The number of hydrogen-bond donors (Lipinski definition) is 1. The molecule has 16 heavy (non-hydrogen) atoms. The monoisotopic (exact) mass is 218 g/mol. The quantitative estimate of drug-likeness (QED) is 0.833. The average molecular weight is 218 g/mol. The van der Waals surface area contributed by atoms with Gasteiger partial charge in [0.1, 0.15) is 5.52 Å². The molecule has 0 amide bonds. The summed E-state index contributed by atoms with van der Waals surface area (Å²) in [5.74, 6) is 1.16. The summed E-state index contributed by atoms with van der Waals surface area (Å²) < 4.78 is 7.15. The molecule has 0 aromatic carbocycles. The first-order valence-corrected chi connectivity index (χ1v) is 5.48. The van der Waals surface area contributed by atoms with E-state index in [0.717, 1.165) is 24.0 Å². The highest BCUT2D eigenvalue weighted by Gasteiger charge is 2.24. The van der Waals surface area contributed by atoms with Crippen molar-refractivity contribution in [3.8, 4) is 5.88 Å². The summed E-state index contributed by atoms with van der Waals surface area (Å²) in [5, 5.41) is 0. The maximum atomic E-state index is 5.93. The molecule has 2 heterocycles. The molecule has 0 saturated heterocycles. The van der Waals surface area contributed by atoms with Crippen molar-refractivity contribution >= 4 is 17.1 Å². The van der Waals surface area contributed by atoms with E-state index in [2.05, 4.69) is 9.97 Å². The fourth-order valence-corrected chi connectivity index (χ4v) is 2.09. The van der Waals surface area contributed by atoms with Crippen LogP contribution < -0.4 is 10.5 Å². The van der Waals surface area contributed by atoms with Crippen LogP contribution in [0.1, 0.15) is 25.3 Å². The molecule has 84 valence electrons. The number of rotatable bonds is 2. The van der Waals surface area contributed by atoms with E-state index in [1.54, 1.807) is 13.2 Å². The van der Waals surface area contributed by atoms with E-state index < -0.39 is 0 Å². The van der Waals surface area contributed by atoms with Crippen molar-refractivity contribution in [2.75, 3.05) is 12.8 Å². The Morgan fingerprint density at radius 3 is 2.81 bits per heavy atom. The van der Waals surface area contributed by atoms with Gasteiger partial charge in [-0.2, -0.15) is 4.98 Å². The number of pyridine rings is 1. The fourth-order valence-electron chi connectivity index (χ4n) is 2.09. The highest BCUT2D eigenvalue weighted by molar-refractivity contribution is 5.75. The van der Waals surface area contributed by atoms with Crippen molar-refractivity contribution in [2.24, 2.45) is 0 Å². The molecule has 2 N–H and O–H groups in total. The summed E-state index contributed by atoms with van der Waals surface area (Å²) in [7, 11) is 1.61. The Morgan fingerprint density at radius 1 is 1.38 bits per heavy atom. The number of fused-ring (bicyclic) bond motifs is 1. The molecule has 0 spiro atoms. The molecule has 0 radical (unpaired) electrons. The molecular formula is C11H14N4O. The fraction of sp³-hybridized carbons (Fsp3) is 0.455. The number of aromatic nitrogens is 3. The Kier molecular flexibility index (Phi) is 1.99. The highest BCUT2D eigenvalue weighted by atomic mass is 16.5. The predicted octanol–water partition coefficient (Wildman–Crippen LogP) is 1.75. The number of imidazole rings is 1. The van der Waals surface area contributed by atoms with Crippen LogP contribution in [0, 0.1) is 0 Å². The summed E-state index contributed by atoms with van der Waals surface area (Å²) in [6.45, 7) is 0. The van der Waals surface area contributed by atoms with E-state index in [1.807, 2.05) is 10.6 Å². The molecule has 1 aliphatic rings. The van der Waals surface area contributed by atoms with Crippen molar-refractivity contribution in [1.82, 2.24) is 14.5 Å². The summed E-state index contributed by atoms with van der Waals surface area (Å²) in [5.41, 5.74) is 7.60. The summed E-state index contributed by atoms with van der Waals surface area (Å²) >= 11 is 0. The lowest BCUT2D eigenvalue weighted by Gasteiger charge is -2.27. The van der Waals surface area contributed by atoms with Crippen molar-refractivity contribution in [3.63, 3.8) is 0 Å². The zero-order valence-corrected chi connectivity index (χ0v) is 9.18. The number of methoxy groups -OCH3 is 1. The summed E-state index contributed by atoms with van der Waals surface area (Å²) in [4.78, 5) is 8.73. The zero-order chi connectivity index (χ0) is 11.1. The molecule has 0 unspecified atom stereocenters. The third-order valence-corrected chi connectivity index (χ3v) is 3.19. The number of anilines is 1. The first-order valence-electron chi connectivity index (χ1n) is 5.48. The molecule has 0 bridgehead atoms. The number of ether oxygens (including phenoxy) is 1. The molecule has 0 atom stereocenters. The Morgan fingerprint density at radius 2 is 2.19 bits per heavy atom. The number of nitrogens with two attached hydrogens (primary N) is 1. The Balaban J connectivity index is 2.19. The second-order valence-corrected chi connectivity index (χ2v) is 4.12. The summed E-state index contributed by atoms with van der Waals surface area (Å²) in [6, 6.07) is 4.16. The average Bonchev–Trinajstić information content (AvgIpc) is 2.53. The molecule has 3 rings (SSSR count). The zero-order valence-electron chi connectivity index (χ0n) is 9.18. The molecule has 1 saturated carbocycles. The second-order valence-electron chi connectivity index (χ2n) is 4.12. The molecule has 5 nitrogen and oxygen atoms in total. The summed E-state index contributed by atoms with van der Waals surface area (Å²) in [6.07, 6.45) is 3.58. The van der Waals surface area contributed by atoms with Gasteiger partial charge in [-0.15, -0.1) is 0 Å². The molecule has 1 aliphatic carbocycles. The third-order valence-electron chi connectivity index (χ3n) is 3.19. The number of nitrogens with zero attached hydrogens (tertiary/aromatic N) is 3. The van der Waals surface area contributed by atoms with E-state index in [1.165, 1.54) is 6.42 Å². The Bertz CT molecular complexity index is 530. The van der Waals surface area contributed by atoms with Gasteiger partial charge in [0.05, 0.1) is 7.11 Å². The maximum absolute atomic E-state index is 5.93. The molecule has 5 heteroatoms. The van der Waals surface area contributed by atoms with Crippen LogP contribution in [0.15, 0.2) is 12.1 Å². The van der Waals surface area contributed by atoms with Gasteiger partial charge in [-0.05, 0) is 25.3 Å². The number of hydrogen-bond acceptors (Lipinski definition) is 4. The van der Waals surface area contributed by atoms with Crippen LogP contribution in [0.4, 0.5) is 5.95 Å². The van der Waals surface area contributed by atoms with Gasteiger partial charge in [0.15, 0.2) is 5.65 Å². The van der Waals surface area contributed by atoms with Crippen LogP contribution in [0.25, 0.3) is 11.2 Å². The van der Waals surface area contributed by atoms with E-state index >= 15 is 0 Å².